The van der Waals surface area contributed by atoms with E-state index in [1.165, 1.54) is 250 Å². The second kappa shape index (κ2) is 30.0. The van der Waals surface area contributed by atoms with Crippen LogP contribution in [0.25, 0.3) is 89.4 Å². The Balaban J connectivity index is 0.887. The minimum Gasteiger partial charge on any atom is -0.0654 e. The molecule has 11 aromatic carbocycles. The first-order valence-electron chi connectivity index (χ1n) is 35.8. The molecule has 0 amide bonds. The van der Waals surface area contributed by atoms with Crippen molar-refractivity contribution in [2.75, 3.05) is 0 Å². The highest BCUT2D eigenvalue weighted by molar-refractivity contribution is 9.10. The van der Waals surface area contributed by atoms with Crippen LogP contribution in [0.4, 0.5) is 0 Å². The van der Waals surface area contributed by atoms with Crippen molar-refractivity contribution in [2.45, 2.75) is 167 Å². The van der Waals surface area contributed by atoms with Gasteiger partial charge in [-0.15, -0.1) is 0 Å². The third kappa shape index (κ3) is 13.3. The number of fused-ring (bicyclic) bond motifs is 8. The van der Waals surface area contributed by atoms with Crippen molar-refractivity contribution >= 4 is 76.7 Å². The van der Waals surface area contributed by atoms with Gasteiger partial charge in [-0.2, -0.15) is 0 Å². The van der Waals surface area contributed by atoms with Crippen molar-refractivity contribution in [1.29, 1.82) is 0 Å². The van der Waals surface area contributed by atoms with E-state index >= 15 is 0 Å². The van der Waals surface area contributed by atoms with Crippen molar-refractivity contribution in [3.63, 3.8) is 0 Å². The molecule has 0 fully saturated rings. The van der Waals surface area contributed by atoms with E-state index in [4.69, 9.17) is 0 Å². The predicted octanol–water partition coefficient (Wildman–Crippen LogP) is 28.4. The number of halogens is 2. The molecule has 0 atom stereocenters. The summed E-state index contributed by atoms with van der Waals surface area (Å²) in [6, 6.07) is 88.8. The Labute approximate surface area is 579 Å². The summed E-state index contributed by atoms with van der Waals surface area (Å²) in [4.78, 5) is 0. The second-order valence-corrected chi connectivity index (χ2v) is 29.1. The highest BCUT2D eigenvalue weighted by Crippen LogP contribution is 2.57. The molecule has 13 rings (SSSR count). The molecule has 0 saturated heterocycles. The lowest BCUT2D eigenvalue weighted by molar-refractivity contribution is 0.401. The second-order valence-electron chi connectivity index (χ2n) is 27.2. The van der Waals surface area contributed by atoms with Gasteiger partial charge in [0.05, 0.1) is 0 Å². The number of unbranched alkanes of at least 4 members (excludes halogenated alkanes) is 12. The van der Waals surface area contributed by atoms with Gasteiger partial charge in [0.15, 0.2) is 0 Å². The summed E-state index contributed by atoms with van der Waals surface area (Å²) in [5.74, 6) is 0. The molecule has 0 spiro atoms. The summed E-state index contributed by atoms with van der Waals surface area (Å²) in [5.41, 5.74) is 26.6. The third-order valence-electron chi connectivity index (χ3n) is 21.2. The predicted molar refractivity (Wildman–Crippen MR) is 415 cm³/mol. The van der Waals surface area contributed by atoms with Crippen LogP contribution in [0.5, 0.6) is 0 Å². The molecule has 0 nitrogen and oxygen atoms in total. The first-order chi connectivity index (χ1) is 46.2. The summed E-state index contributed by atoms with van der Waals surface area (Å²) in [6.45, 7) is 9.34. The first kappa shape index (κ1) is 65.1. The fourth-order valence-electron chi connectivity index (χ4n) is 16.5. The van der Waals surface area contributed by atoms with E-state index in [0.29, 0.717) is 0 Å². The molecule has 0 saturated carbocycles. The lowest BCUT2D eigenvalue weighted by atomic mass is 9.70. The van der Waals surface area contributed by atoms with E-state index in [2.05, 4.69) is 302 Å². The van der Waals surface area contributed by atoms with E-state index in [1.807, 2.05) is 0 Å². The summed E-state index contributed by atoms with van der Waals surface area (Å²) in [7, 11) is 0. The van der Waals surface area contributed by atoms with Gasteiger partial charge in [-0.25, -0.2) is 0 Å². The zero-order valence-electron chi connectivity index (χ0n) is 56.0. The van der Waals surface area contributed by atoms with E-state index in [1.54, 1.807) is 11.1 Å². The number of hydrogen-bond acceptors (Lipinski definition) is 0. The fourth-order valence-corrected chi connectivity index (χ4v) is 17.0. The molecule has 0 N–H and O–H groups in total. The Morgan fingerprint density at radius 3 is 0.915 bits per heavy atom. The van der Waals surface area contributed by atoms with Gasteiger partial charge in [0.1, 0.15) is 0 Å². The van der Waals surface area contributed by atoms with Crippen LogP contribution in [0.1, 0.15) is 212 Å². The van der Waals surface area contributed by atoms with Crippen LogP contribution >= 0.6 is 31.9 Å². The van der Waals surface area contributed by atoms with E-state index in [0.717, 1.165) is 8.95 Å². The standard InChI is InChI=1S/C92H92Br2/c1-5-9-13-25-57-91(58-26-14-10-6-2)85-35-23-21-29-75(85)77-55-49-71(63-87(77)91)83(61-65-37-51-73(93)52-38-65)67-41-45-69(46-42-67)89-79-31-17-19-33-81(79)90(82-34-20-18-32-80(82)89)70-47-43-68(44-48-70)84(62-66-39-53-74(94)54-40-66)72-50-56-78-76-30-22-24-36-86(76)92(88(78)64-72,59-27-15-11-7-3)60-28-16-12-8-4/h17-24,29-56,61-64H,5-16,25-28,57-60H2,1-4H3/b83-61-,84-62+. The molecule has 11 aromatic rings. The van der Waals surface area contributed by atoms with Gasteiger partial charge in [-0.3, -0.25) is 0 Å². The molecule has 0 aromatic heterocycles. The highest BCUT2D eigenvalue weighted by Gasteiger charge is 2.44. The number of rotatable bonds is 28. The van der Waals surface area contributed by atoms with E-state index < -0.39 is 0 Å². The molecule has 2 aliphatic rings. The zero-order chi connectivity index (χ0) is 64.4. The molecule has 94 heavy (non-hydrogen) atoms. The van der Waals surface area contributed by atoms with E-state index in [9.17, 15) is 0 Å². The first-order valence-corrected chi connectivity index (χ1v) is 37.4. The van der Waals surface area contributed by atoms with Crippen LogP contribution in [0, 0.1) is 0 Å². The SMILES string of the molecule is CCCCCCC1(CCCCCC)c2ccccc2-c2ccc(/C(=C\c3ccc(Br)cc3)c3ccc(-c4c5ccccc5c(-c5ccc(/C(=C\c6ccc(Br)cc6)c6ccc7c(c6)C(CCCCCC)(CCCCCC)c6ccccc6-7)cc5)c5ccccc45)cc3)cc21. The molecular formula is C92H92Br2. The van der Waals surface area contributed by atoms with Crippen molar-refractivity contribution in [3.8, 4) is 44.5 Å². The monoisotopic (exact) mass is 1350 g/mol. The Morgan fingerprint density at radius 2 is 0.585 bits per heavy atom. The third-order valence-corrected chi connectivity index (χ3v) is 22.3. The van der Waals surface area contributed by atoms with Crippen LogP contribution in [0.3, 0.4) is 0 Å². The van der Waals surface area contributed by atoms with Crippen molar-refractivity contribution in [2.24, 2.45) is 0 Å². The summed E-state index contributed by atoms with van der Waals surface area (Å²) in [6.07, 6.45) is 29.9. The Morgan fingerprint density at radius 1 is 0.287 bits per heavy atom. The number of hydrogen-bond donors (Lipinski definition) is 0. The summed E-state index contributed by atoms with van der Waals surface area (Å²) < 4.78 is 2.17. The van der Waals surface area contributed by atoms with Gasteiger partial charge in [0, 0.05) is 19.8 Å². The largest absolute Gasteiger partial charge is 0.0654 e. The van der Waals surface area contributed by atoms with Crippen LogP contribution in [-0.2, 0) is 10.8 Å². The van der Waals surface area contributed by atoms with Gasteiger partial charge in [-0.1, -0.05) is 356 Å². The normalized spacial score (nSPS) is 13.7. The van der Waals surface area contributed by atoms with Crippen LogP contribution in [0.15, 0.2) is 239 Å². The quantitative estimate of drug-likeness (QED) is 0.0260. The van der Waals surface area contributed by atoms with Crippen molar-refractivity contribution < 1.29 is 0 Å². The number of benzene rings is 11. The van der Waals surface area contributed by atoms with Crippen LogP contribution < -0.4 is 0 Å². The fraction of sp³-hybridized carbons (Fsp3) is 0.283. The van der Waals surface area contributed by atoms with Gasteiger partial charge < -0.3 is 0 Å². The molecule has 0 radical (unpaired) electrons. The smallest absolute Gasteiger partial charge is 0.0215 e. The maximum atomic E-state index is 3.74. The molecule has 0 aliphatic heterocycles. The Kier molecular flexibility index (Phi) is 20.8. The zero-order valence-corrected chi connectivity index (χ0v) is 59.2. The topological polar surface area (TPSA) is 0 Å². The highest BCUT2D eigenvalue weighted by atomic mass is 79.9. The maximum Gasteiger partial charge on any atom is 0.0215 e. The van der Waals surface area contributed by atoms with Crippen molar-refractivity contribution in [1.82, 2.24) is 0 Å². The summed E-state index contributed by atoms with van der Waals surface area (Å²) in [5, 5.41) is 5.03. The van der Waals surface area contributed by atoms with E-state index in [-0.39, 0.29) is 10.8 Å². The maximum absolute atomic E-state index is 3.74. The Bertz CT molecular complexity index is 4110. The molecule has 2 heteroatoms. The molecule has 474 valence electrons. The van der Waals surface area contributed by atoms with Crippen LogP contribution in [-0.4, -0.2) is 0 Å². The molecule has 0 unspecified atom stereocenters. The molecule has 0 bridgehead atoms. The van der Waals surface area contributed by atoms with Crippen LogP contribution in [0.2, 0.25) is 0 Å². The molecule has 0 heterocycles. The average Bonchev–Trinajstić information content (AvgIpc) is 1.54. The van der Waals surface area contributed by atoms with Gasteiger partial charge in [-0.05, 0) is 207 Å². The molecule has 2 aliphatic carbocycles. The summed E-state index contributed by atoms with van der Waals surface area (Å²) >= 11 is 7.48. The molecular weight excluding hydrogens is 1260 g/mol. The van der Waals surface area contributed by atoms with Gasteiger partial charge in [0.2, 0.25) is 0 Å². The average molecular weight is 1360 g/mol. The van der Waals surface area contributed by atoms with Gasteiger partial charge >= 0.3 is 0 Å². The Hall–Kier alpha value is -7.62. The minimum absolute atomic E-state index is 0.00232. The van der Waals surface area contributed by atoms with Crippen molar-refractivity contribution in [3.05, 3.63) is 295 Å². The minimum atomic E-state index is -0.00232. The lowest BCUT2D eigenvalue weighted by Crippen LogP contribution is -2.25. The van der Waals surface area contributed by atoms with Gasteiger partial charge in [0.25, 0.3) is 0 Å². The lowest BCUT2D eigenvalue weighted by Gasteiger charge is -2.33.